The molecule has 6 heteroatoms. The molecular weight excluding hydrogens is 301 g/mol. The van der Waals surface area contributed by atoms with Crippen LogP contribution in [0.2, 0.25) is 0 Å². The third-order valence-electron chi connectivity index (χ3n) is 3.02. The van der Waals surface area contributed by atoms with E-state index in [1.807, 2.05) is 6.07 Å². The molecule has 1 N–H and O–H groups in total. The third kappa shape index (κ3) is 4.80. The van der Waals surface area contributed by atoms with E-state index in [9.17, 15) is 9.18 Å². The van der Waals surface area contributed by atoms with Crippen LogP contribution in [0.1, 0.15) is 24.3 Å². The molecule has 1 aromatic heterocycles. The zero-order valence-corrected chi connectivity index (χ0v) is 13.8. The second-order valence-electron chi connectivity index (χ2n) is 5.64. The van der Waals surface area contributed by atoms with Crippen LogP contribution in [0.4, 0.5) is 14.3 Å². The van der Waals surface area contributed by atoms with Crippen LogP contribution in [0.3, 0.4) is 0 Å². The van der Waals surface area contributed by atoms with E-state index < -0.39 is 0 Å². The number of benzene rings is 1. The van der Waals surface area contributed by atoms with Gasteiger partial charge in [-0.2, -0.15) is 0 Å². The maximum atomic E-state index is 13.2. The quantitative estimate of drug-likeness (QED) is 0.905. The monoisotopic (exact) mass is 321 g/mol. The van der Waals surface area contributed by atoms with Gasteiger partial charge in [0.2, 0.25) is 0 Å². The topological polar surface area (TPSA) is 45.2 Å². The van der Waals surface area contributed by atoms with Gasteiger partial charge in [-0.3, -0.25) is 5.32 Å². The smallest absolute Gasteiger partial charge is 0.323 e. The first kappa shape index (κ1) is 16.4. The van der Waals surface area contributed by atoms with Crippen LogP contribution in [0.5, 0.6) is 0 Å². The maximum Gasteiger partial charge on any atom is 0.323 e. The van der Waals surface area contributed by atoms with Crippen LogP contribution in [-0.4, -0.2) is 29.5 Å². The molecule has 0 aliphatic heterocycles. The summed E-state index contributed by atoms with van der Waals surface area (Å²) in [6, 6.07) is 6.33. The molecule has 0 saturated carbocycles. The van der Waals surface area contributed by atoms with Crippen molar-refractivity contribution in [3.8, 4) is 0 Å². The number of thiazole rings is 1. The Morgan fingerprint density at radius 2 is 2.23 bits per heavy atom. The minimum atomic E-state index is -0.245. The van der Waals surface area contributed by atoms with Crippen molar-refractivity contribution in [2.75, 3.05) is 18.9 Å². The van der Waals surface area contributed by atoms with Crippen LogP contribution >= 0.6 is 11.3 Å². The van der Waals surface area contributed by atoms with Gasteiger partial charge in [0.15, 0.2) is 5.13 Å². The van der Waals surface area contributed by atoms with Crippen molar-refractivity contribution in [1.82, 2.24) is 9.88 Å². The summed E-state index contributed by atoms with van der Waals surface area (Å²) in [5.74, 6) is 0.168. The fourth-order valence-corrected chi connectivity index (χ4v) is 2.95. The number of aromatic nitrogens is 1. The summed E-state index contributed by atoms with van der Waals surface area (Å²) in [5.41, 5.74) is 0.887. The average molecular weight is 321 g/mol. The predicted octanol–water partition coefficient (Wildman–Crippen LogP) is 3.99. The van der Waals surface area contributed by atoms with E-state index in [1.54, 1.807) is 24.2 Å². The Labute approximate surface area is 134 Å². The Morgan fingerprint density at radius 3 is 2.91 bits per heavy atom. The molecule has 0 fully saturated rings. The number of nitrogens with one attached hydrogen (secondary N) is 1. The van der Waals surface area contributed by atoms with Crippen molar-refractivity contribution in [2.24, 2.45) is 5.92 Å². The lowest BCUT2D eigenvalue weighted by atomic mass is 10.1. The van der Waals surface area contributed by atoms with E-state index in [4.69, 9.17) is 0 Å². The van der Waals surface area contributed by atoms with Crippen molar-refractivity contribution in [1.29, 1.82) is 0 Å². The second kappa shape index (κ2) is 7.35. The number of anilines is 1. The Balaban J connectivity index is 1.95. The van der Waals surface area contributed by atoms with Crippen LogP contribution in [0.25, 0.3) is 0 Å². The highest BCUT2D eigenvalue weighted by atomic mass is 32.1. The largest absolute Gasteiger partial charge is 0.327 e. The summed E-state index contributed by atoms with van der Waals surface area (Å²) in [5, 5.41) is 3.35. The Morgan fingerprint density at radius 1 is 1.45 bits per heavy atom. The molecule has 2 amide bonds. The number of carbonyl (C=O) groups excluding carboxylic acids is 1. The van der Waals surface area contributed by atoms with Crippen molar-refractivity contribution >= 4 is 22.5 Å². The van der Waals surface area contributed by atoms with E-state index in [-0.39, 0.29) is 11.8 Å². The number of rotatable bonds is 5. The van der Waals surface area contributed by atoms with E-state index in [2.05, 4.69) is 24.1 Å². The third-order valence-corrected chi connectivity index (χ3v) is 3.93. The van der Waals surface area contributed by atoms with Gasteiger partial charge in [-0.05, 0) is 23.6 Å². The van der Waals surface area contributed by atoms with Gasteiger partial charge >= 0.3 is 6.03 Å². The molecule has 2 aromatic rings. The van der Waals surface area contributed by atoms with Gasteiger partial charge in [-0.25, -0.2) is 14.2 Å². The average Bonchev–Trinajstić information content (AvgIpc) is 2.85. The highest BCUT2D eigenvalue weighted by Crippen LogP contribution is 2.21. The molecule has 0 aliphatic carbocycles. The van der Waals surface area contributed by atoms with Gasteiger partial charge in [0.05, 0.1) is 0 Å². The fraction of sp³-hybridized carbons (Fsp3) is 0.375. The molecule has 118 valence electrons. The zero-order valence-electron chi connectivity index (χ0n) is 13.0. The number of halogens is 1. The number of hydrogen-bond donors (Lipinski definition) is 1. The molecule has 1 heterocycles. The van der Waals surface area contributed by atoms with Crippen molar-refractivity contribution in [3.05, 3.63) is 46.7 Å². The Kier molecular flexibility index (Phi) is 5.49. The van der Waals surface area contributed by atoms with Gasteiger partial charge < -0.3 is 4.90 Å². The molecule has 22 heavy (non-hydrogen) atoms. The number of urea groups is 1. The van der Waals surface area contributed by atoms with E-state index in [0.717, 1.165) is 10.4 Å². The molecular formula is C16H20FN3OS. The SMILES string of the molecule is CC(C)CN(C)C(=O)Nc1ncc(Cc2cccc(F)c2)s1. The Hall–Kier alpha value is -1.95. The van der Waals surface area contributed by atoms with Crippen LogP contribution in [0, 0.1) is 11.7 Å². The van der Waals surface area contributed by atoms with E-state index >= 15 is 0 Å². The number of amides is 2. The first-order valence-electron chi connectivity index (χ1n) is 7.15. The Bertz CT molecular complexity index is 642. The minimum Gasteiger partial charge on any atom is -0.327 e. The van der Waals surface area contributed by atoms with Gasteiger partial charge in [-0.15, -0.1) is 11.3 Å². The van der Waals surface area contributed by atoms with Crippen molar-refractivity contribution < 1.29 is 9.18 Å². The minimum absolute atomic E-state index is 0.166. The van der Waals surface area contributed by atoms with Crippen molar-refractivity contribution in [2.45, 2.75) is 20.3 Å². The highest BCUT2D eigenvalue weighted by molar-refractivity contribution is 7.15. The molecule has 0 spiro atoms. The molecule has 0 bridgehead atoms. The van der Waals surface area contributed by atoms with Crippen molar-refractivity contribution in [3.63, 3.8) is 0 Å². The van der Waals surface area contributed by atoms with Gasteiger partial charge in [-0.1, -0.05) is 26.0 Å². The lowest BCUT2D eigenvalue weighted by molar-refractivity contribution is 0.217. The summed E-state index contributed by atoms with van der Waals surface area (Å²) in [6.07, 6.45) is 2.32. The van der Waals surface area contributed by atoms with Gasteiger partial charge in [0, 0.05) is 31.1 Å². The summed E-state index contributed by atoms with van der Waals surface area (Å²) in [6.45, 7) is 4.81. The summed E-state index contributed by atoms with van der Waals surface area (Å²) in [4.78, 5) is 18.8. The molecule has 2 rings (SSSR count). The standard InChI is InChI=1S/C16H20FN3OS/c1-11(2)10-20(3)16(21)19-15-18-9-14(22-15)8-12-5-4-6-13(17)7-12/h4-7,9,11H,8,10H2,1-3H3,(H,18,19,21). The summed E-state index contributed by atoms with van der Waals surface area (Å²) < 4.78 is 13.2. The fourth-order valence-electron chi connectivity index (χ4n) is 2.11. The summed E-state index contributed by atoms with van der Waals surface area (Å²) in [7, 11) is 1.76. The van der Waals surface area contributed by atoms with Crippen LogP contribution in [0.15, 0.2) is 30.5 Å². The van der Waals surface area contributed by atoms with Crippen LogP contribution in [-0.2, 0) is 6.42 Å². The first-order valence-corrected chi connectivity index (χ1v) is 7.97. The van der Waals surface area contributed by atoms with E-state index in [0.29, 0.717) is 24.0 Å². The molecule has 4 nitrogen and oxygen atoms in total. The molecule has 0 atom stereocenters. The lowest BCUT2D eigenvalue weighted by Crippen LogP contribution is -2.34. The first-order chi connectivity index (χ1) is 10.4. The molecule has 1 aromatic carbocycles. The summed E-state index contributed by atoms with van der Waals surface area (Å²) >= 11 is 1.41. The number of carbonyl (C=O) groups is 1. The number of hydrogen-bond acceptors (Lipinski definition) is 3. The number of nitrogens with zero attached hydrogens (tertiary/aromatic N) is 2. The lowest BCUT2D eigenvalue weighted by Gasteiger charge is -2.18. The van der Waals surface area contributed by atoms with E-state index in [1.165, 1.54) is 23.5 Å². The van der Waals surface area contributed by atoms with Gasteiger partial charge in [0.25, 0.3) is 0 Å². The molecule has 0 aliphatic rings. The second-order valence-corrected chi connectivity index (χ2v) is 6.76. The zero-order chi connectivity index (χ0) is 16.1. The molecule has 0 saturated heterocycles. The van der Waals surface area contributed by atoms with Gasteiger partial charge in [0.1, 0.15) is 5.82 Å². The maximum absolute atomic E-state index is 13.2. The highest BCUT2D eigenvalue weighted by Gasteiger charge is 2.12. The van der Waals surface area contributed by atoms with Crippen LogP contribution < -0.4 is 5.32 Å². The molecule has 0 unspecified atom stereocenters. The normalized spacial score (nSPS) is 10.8. The predicted molar refractivity (Wildman–Crippen MR) is 87.8 cm³/mol. The molecule has 0 radical (unpaired) electrons.